The molecule has 3 aromatic rings. The van der Waals surface area contributed by atoms with Crippen molar-refractivity contribution < 1.29 is 9.53 Å². The van der Waals surface area contributed by atoms with Gasteiger partial charge in [-0.2, -0.15) is 0 Å². The van der Waals surface area contributed by atoms with Crippen LogP contribution < -0.4 is 0 Å². The van der Waals surface area contributed by atoms with Crippen molar-refractivity contribution in [1.29, 1.82) is 0 Å². The summed E-state index contributed by atoms with van der Waals surface area (Å²) in [6.07, 6.45) is 8.48. The minimum Gasteiger partial charge on any atom is -0.381 e. The van der Waals surface area contributed by atoms with Crippen LogP contribution in [-0.2, 0) is 27.9 Å². The van der Waals surface area contributed by atoms with Crippen LogP contribution in [0.25, 0.3) is 5.00 Å². The van der Waals surface area contributed by atoms with Crippen molar-refractivity contribution in [2.45, 2.75) is 70.4 Å². The summed E-state index contributed by atoms with van der Waals surface area (Å²) in [7, 11) is 0. The summed E-state index contributed by atoms with van der Waals surface area (Å²) in [6, 6.07) is 8.51. The van der Waals surface area contributed by atoms with E-state index in [0.717, 1.165) is 92.6 Å². The number of aliphatic imine (C=N–C) groups is 1. The largest absolute Gasteiger partial charge is 0.381 e. The lowest BCUT2D eigenvalue weighted by Gasteiger charge is -2.30. The van der Waals surface area contributed by atoms with Crippen molar-refractivity contribution in [2.75, 3.05) is 19.8 Å². The number of halogens is 1. The topological polar surface area (TPSA) is 72.6 Å². The van der Waals surface area contributed by atoms with Crippen molar-refractivity contribution in [2.24, 2.45) is 4.99 Å². The quantitative estimate of drug-likeness (QED) is 0.425. The summed E-state index contributed by atoms with van der Waals surface area (Å²) < 4.78 is 7.46. The van der Waals surface area contributed by atoms with Gasteiger partial charge in [-0.3, -0.25) is 14.4 Å². The molecule has 2 aromatic heterocycles. The molecule has 0 unspecified atom stereocenters. The summed E-state index contributed by atoms with van der Waals surface area (Å²) in [5, 5.41) is 10.9. The molecule has 0 radical (unpaired) electrons. The van der Waals surface area contributed by atoms with Crippen LogP contribution in [0, 0.1) is 6.92 Å². The van der Waals surface area contributed by atoms with Crippen LogP contribution >= 0.6 is 22.9 Å². The third kappa shape index (κ3) is 4.33. The number of amides is 1. The van der Waals surface area contributed by atoms with Gasteiger partial charge in [0.1, 0.15) is 16.4 Å². The second-order valence-electron chi connectivity index (χ2n) is 10.2. The predicted molar refractivity (Wildman–Crippen MR) is 146 cm³/mol. The van der Waals surface area contributed by atoms with Crippen molar-refractivity contribution in [3.8, 4) is 5.00 Å². The van der Waals surface area contributed by atoms with Crippen molar-refractivity contribution in [3.05, 3.63) is 62.5 Å². The van der Waals surface area contributed by atoms with Gasteiger partial charge >= 0.3 is 0 Å². The maximum Gasteiger partial charge on any atom is 0.209 e. The van der Waals surface area contributed by atoms with Gasteiger partial charge in [0.25, 0.3) is 0 Å². The number of thiophene rings is 1. The van der Waals surface area contributed by atoms with Crippen LogP contribution in [0.15, 0.2) is 29.3 Å². The van der Waals surface area contributed by atoms with Gasteiger partial charge in [0.2, 0.25) is 6.41 Å². The smallest absolute Gasteiger partial charge is 0.209 e. The Kier molecular flexibility index (Phi) is 6.67. The fraction of sp³-hybridized carbons (Fsp3) is 0.500. The normalized spacial score (nSPS) is 19.2. The third-order valence-electron chi connectivity index (χ3n) is 7.92. The van der Waals surface area contributed by atoms with E-state index in [0.29, 0.717) is 6.04 Å². The van der Waals surface area contributed by atoms with Gasteiger partial charge < -0.3 is 9.64 Å². The highest BCUT2D eigenvalue weighted by atomic mass is 35.5. The molecule has 1 aromatic carbocycles. The first-order chi connectivity index (χ1) is 18.1. The highest BCUT2D eigenvalue weighted by Gasteiger charge is 2.52. The van der Waals surface area contributed by atoms with E-state index in [4.69, 9.17) is 21.3 Å². The number of aromatic nitrogens is 3. The maximum atomic E-state index is 10.5. The Morgan fingerprint density at radius 1 is 1.22 bits per heavy atom. The number of ether oxygens (including phenoxy) is 1. The predicted octanol–water partition coefficient (Wildman–Crippen LogP) is 5.26. The zero-order valence-corrected chi connectivity index (χ0v) is 22.9. The second kappa shape index (κ2) is 9.97. The fourth-order valence-electron chi connectivity index (χ4n) is 5.76. The lowest BCUT2D eigenvalue weighted by atomic mass is 9.99. The number of benzene rings is 1. The van der Waals surface area contributed by atoms with Gasteiger partial charge in [0.05, 0.1) is 5.71 Å². The maximum absolute atomic E-state index is 10.5. The number of aryl methyl sites for hydroxylation is 2. The first-order valence-electron chi connectivity index (χ1n) is 13.3. The zero-order valence-electron chi connectivity index (χ0n) is 21.4. The monoisotopic (exact) mass is 537 g/mol. The molecule has 194 valence electrons. The lowest BCUT2D eigenvalue weighted by molar-refractivity contribution is -0.121. The van der Waals surface area contributed by atoms with Crippen LogP contribution in [-0.4, -0.2) is 57.6 Å². The van der Waals surface area contributed by atoms with E-state index in [-0.39, 0.29) is 5.54 Å². The van der Waals surface area contributed by atoms with E-state index in [1.165, 1.54) is 27.4 Å². The summed E-state index contributed by atoms with van der Waals surface area (Å²) in [4.78, 5) is 19.2. The Balaban J connectivity index is 0.000000194. The summed E-state index contributed by atoms with van der Waals surface area (Å²) in [5.41, 5.74) is 4.57. The van der Waals surface area contributed by atoms with E-state index in [9.17, 15) is 4.79 Å². The van der Waals surface area contributed by atoms with E-state index >= 15 is 0 Å². The van der Waals surface area contributed by atoms with E-state index in [1.807, 2.05) is 48.3 Å². The molecule has 37 heavy (non-hydrogen) atoms. The highest BCUT2D eigenvalue weighted by Crippen LogP contribution is 2.53. The number of carbonyl (C=O) groups is 1. The van der Waals surface area contributed by atoms with Crippen LogP contribution in [0.3, 0.4) is 0 Å². The third-order valence-corrected chi connectivity index (χ3v) is 9.53. The fourth-order valence-corrected chi connectivity index (χ4v) is 7.42. The first kappa shape index (κ1) is 24.8. The summed E-state index contributed by atoms with van der Waals surface area (Å²) >= 11 is 8.50. The minimum absolute atomic E-state index is 0.236. The lowest BCUT2D eigenvalue weighted by Crippen LogP contribution is -2.38. The van der Waals surface area contributed by atoms with Crippen LogP contribution in [0.2, 0.25) is 5.02 Å². The minimum atomic E-state index is -0.236. The molecule has 0 atom stereocenters. The summed E-state index contributed by atoms with van der Waals surface area (Å²) in [5.74, 6) is 1.95. The molecule has 0 bridgehead atoms. The second-order valence-corrected chi connectivity index (χ2v) is 11.7. The van der Waals surface area contributed by atoms with Crippen molar-refractivity contribution in [1.82, 2.24) is 19.7 Å². The molecule has 0 N–H and O–H groups in total. The van der Waals surface area contributed by atoms with Crippen molar-refractivity contribution in [3.63, 3.8) is 0 Å². The Bertz CT molecular complexity index is 1350. The molecule has 4 heterocycles. The van der Waals surface area contributed by atoms with E-state index in [2.05, 4.69) is 20.8 Å². The molecule has 2 fully saturated rings. The van der Waals surface area contributed by atoms with Crippen LogP contribution in [0.5, 0.6) is 0 Å². The molecular weight excluding hydrogens is 506 g/mol. The van der Waals surface area contributed by atoms with Crippen LogP contribution in [0.4, 0.5) is 0 Å². The van der Waals surface area contributed by atoms with E-state index in [1.54, 1.807) is 0 Å². The molecule has 7 rings (SSSR count). The molecule has 9 heteroatoms. The van der Waals surface area contributed by atoms with Crippen molar-refractivity contribution >= 4 is 35.1 Å². The van der Waals surface area contributed by atoms with Crippen LogP contribution in [0.1, 0.15) is 72.2 Å². The Morgan fingerprint density at radius 2 is 2.00 bits per heavy atom. The molecule has 2 aliphatic carbocycles. The molecular formula is C28H32ClN5O2S. The number of rotatable bonds is 4. The van der Waals surface area contributed by atoms with Gasteiger partial charge in [-0.25, -0.2) is 0 Å². The summed E-state index contributed by atoms with van der Waals surface area (Å²) in [6.45, 7) is 6.46. The van der Waals surface area contributed by atoms with E-state index < -0.39 is 0 Å². The first-order valence-corrected chi connectivity index (χ1v) is 14.5. The Hall–Kier alpha value is -2.55. The SMILES string of the molecule is CCN(C=O)C1CCOCC1.Cc1nnc2n1-c1sc3c(c1C(c1ccccc1Cl)=NC21CC1)CCC3. The molecule has 7 nitrogen and oxygen atoms in total. The molecule has 1 spiro atoms. The average Bonchev–Trinajstić information content (AvgIpc) is 3.22. The Labute approximate surface area is 226 Å². The number of hydrogen-bond acceptors (Lipinski definition) is 6. The molecule has 1 saturated carbocycles. The van der Waals surface area contributed by atoms with Gasteiger partial charge in [-0.05, 0) is 70.4 Å². The Morgan fingerprint density at radius 3 is 2.70 bits per heavy atom. The average molecular weight is 538 g/mol. The van der Waals surface area contributed by atoms with Gasteiger partial charge in [0, 0.05) is 46.8 Å². The number of carbonyl (C=O) groups excluding carboxylic acids is 1. The standard InChI is InChI=1S/C20H17ClN4S.C8H15NO2/c1-11-23-24-19-20(9-10-20)22-17(12-5-2-3-7-14(12)21)16-13-6-4-8-15(13)26-18(16)25(11)19;1-2-9(7-10)8-3-5-11-6-4-8/h2-3,5,7H,4,6,8-10H2,1H3;7-8H,2-6H2,1H3. The molecule has 2 aliphatic heterocycles. The number of fused-ring (bicyclic) bond motifs is 6. The van der Waals surface area contributed by atoms with Gasteiger partial charge in [-0.15, -0.1) is 21.5 Å². The number of nitrogens with zero attached hydrogens (tertiary/aromatic N) is 5. The molecule has 1 amide bonds. The highest BCUT2D eigenvalue weighted by molar-refractivity contribution is 7.15. The van der Waals surface area contributed by atoms with Gasteiger partial charge in [-0.1, -0.05) is 29.8 Å². The molecule has 4 aliphatic rings. The zero-order chi connectivity index (χ0) is 25.6. The van der Waals surface area contributed by atoms with Gasteiger partial charge in [0.15, 0.2) is 5.82 Å². The molecule has 1 saturated heterocycles. The number of hydrogen-bond donors (Lipinski definition) is 0.